The number of aromatic nitrogens is 1. The third-order valence-electron chi connectivity index (χ3n) is 4.59. The van der Waals surface area contributed by atoms with Crippen molar-refractivity contribution >= 4 is 28.4 Å². The van der Waals surface area contributed by atoms with Crippen molar-refractivity contribution in [1.82, 2.24) is 10.1 Å². The van der Waals surface area contributed by atoms with Crippen LogP contribution in [0.1, 0.15) is 36.4 Å². The molecule has 0 unspecified atom stereocenters. The molecule has 0 aliphatic carbocycles. The highest BCUT2D eigenvalue weighted by molar-refractivity contribution is 6.01. The van der Waals surface area contributed by atoms with E-state index in [9.17, 15) is 9.59 Å². The maximum absolute atomic E-state index is 13.1. The fourth-order valence-corrected chi connectivity index (χ4v) is 2.90. The van der Waals surface area contributed by atoms with Gasteiger partial charge in [-0.1, -0.05) is 42.4 Å². The number of fused-ring (bicyclic) bond motifs is 1. The second-order valence-corrected chi connectivity index (χ2v) is 6.62. The van der Waals surface area contributed by atoms with Gasteiger partial charge < -0.3 is 14.7 Å². The van der Waals surface area contributed by atoms with Gasteiger partial charge in [0.25, 0.3) is 5.91 Å². The number of nitrogens with one attached hydrogen (secondary N) is 1. The van der Waals surface area contributed by atoms with Crippen LogP contribution in [0.5, 0.6) is 0 Å². The normalized spacial score (nSPS) is 12.0. The lowest BCUT2D eigenvalue weighted by Gasteiger charge is -2.28. The lowest BCUT2D eigenvalue weighted by Crippen LogP contribution is -2.43. The standard InChI is InChI=1S/C21H23N3O3/c1-4-14(2)24(13-20(25)22-19-11-15(3)27-23-19)21(26)18-10-9-16-7-5-6-8-17(16)12-18/h5-12,14H,4,13H2,1-3H3,(H,22,23,25)/t14-/m0/s1. The smallest absolute Gasteiger partial charge is 0.254 e. The Balaban J connectivity index is 1.80. The molecule has 2 amide bonds. The Morgan fingerprint density at radius 3 is 2.56 bits per heavy atom. The number of amides is 2. The topological polar surface area (TPSA) is 75.4 Å². The van der Waals surface area contributed by atoms with Crippen molar-refractivity contribution in [2.45, 2.75) is 33.2 Å². The van der Waals surface area contributed by atoms with Gasteiger partial charge in [-0.15, -0.1) is 0 Å². The van der Waals surface area contributed by atoms with E-state index in [4.69, 9.17) is 4.52 Å². The molecular weight excluding hydrogens is 342 g/mol. The fraction of sp³-hybridized carbons (Fsp3) is 0.286. The summed E-state index contributed by atoms with van der Waals surface area (Å²) in [6, 6.07) is 15.0. The summed E-state index contributed by atoms with van der Waals surface area (Å²) in [6.07, 6.45) is 0.746. The van der Waals surface area contributed by atoms with Crippen molar-refractivity contribution in [1.29, 1.82) is 0 Å². The highest BCUT2D eigenvalue weighted by Crippen LogP contribution is 2.18. The Labute approximate surface area is 158 Å². The molecule has 27 heavy (non-hydrogen) atoms. The first-order valence-electron chi connectivity index (χ1n) is 9.01. The van der Waals surface area contributed by atoms with Crippen LogP contribution < -0.4 is 5.32 Å². The maximum atomic E-state index is 13.1. The third kappa shape index (κ3) is 4.34. The second kappa shape index (κ2) is 8.03. The Hall–Kier alpha value is -3.15. The van der Waals surface area contributed by atoms with Crippen LogP contribution in [0.25, 0.3) is 10.8 Å². The molecule has 1 N–H and O–H groups in total. The molecule has 0 saturated carbocycles. The van der Waals surface area contributed by atoms with Crippen molar-refractivity contribution < 1.29 is 14.1 Å². The van der Waals surface area contributed by atoms with Gasteiger partial charge >= 0.3 is 0 Å². The van der Waals surface area contributed by atoms with Crippen LogP contribution >= 0.6 is 0 Å². The van der Waals surface area contributed by atoms with E-state index in [2.05, 4.69) is 10.5 Å². The summed E-state index contributed by atoms with van der Waals surface area (Å²) < 4.78 is 4.95. The van der Waals surface area contributed by atoms with Gasteiger partial charge in [-0.3, -0.25) is 9.59 Å². The first-order valence-corrected chi connectivity index (χ1v) is 9.01. The van der Waals surface area contributed by atoms with Crippen LogP contribution in [0.2, 0.25) is 0 Å². The lowest BCUT2D eigenvalue weighted by molar-refractivity contribution is -0.117. The van der Waals surface area contributed by atoms with Crippen LogP contribution in [0, 0.1) is 6.92 Å². The Bertz CT molecular complexity index is 964. The summed E-state index contributed by atoms with van der Waals surface area (Å²) >= 11 is 0. The number of carbonyl (C=O) groups is 2. The molecule has 1 aromatic heterocycles. The summed E-state index contributed by atoms with van der Waals surface area (Å²) in [6.45, 7) is 5.63. The summed E-state index contributed by atoms with van der Waals surface area (Å²) in [5.74, 6) is 0.482. The number of hydrogen-bond acceptors (Lipinski definition) is 4. The molecule has 0 radical (unpaired) electrons. The molecule has 0 spiro atoms. The Kier molecular flexibility index (Phi) is 5.54. The molecule has 1 atom stereocenters. The summed E-state index contributed by atoms with van der Waals surface area (Å²) in [5.41, 5.74) is 0.569. The summed E-state index contributed by atoms with van der Waals surface area (Å²) in [4.78, 5) is 27.1. The minimum Gasteiger partial charge on any atom is -0.360 e. The fourth-order valence-electron chi connectivity index (χ4n) is 2.90. The van der Waals surface area contributed by atoms with Crippen molar-refractivity contribution in [3.8, 4) is 0 Å². The van der Waals surface area contributed by atoms with E-state index < -0.39 is 0 Å². The van der Waals surface area contributed by atoms with E-state index in [1.165, 1.54) is 0 Å². The molecule has 6 heteroatoms. The van der Waals surface area contributed by atoms with Crippen molar-refractivity contribution in [3.05, 3.63) is 59.9 Å². The number of benzene rings is 2. The van der Waals surface area contributed by atoms with E-state index in [0.29, 0.717) is 17.1 Å². The first-order chi connectivity index (χ1) is 13.0. The van der Waals surface area contributed by atoms with Crippen LogP contribution in [0.3, 0.4) is 0 Å². The zero-order chi connectivity index (χ0) is 19.4. The molecule has 3 rings (SSSR count). The van der Waals surface area contributed by atoms with Crippen LogP contribution in [0.15, 0.2) is 53.1 Å². The van der Waals surface area contributed by atoms with Gasteiger partial charge in [0.15, 0.2) is 5.82 Å². The lowest BCUT2D eigenvalue weighted by atomic mass is 10.1. The first kappa shape index (κ1) is 18.6. The number of carbonyl (C=O) groups excluding carboxylic acids is 2. The maximum Gasteiger partial charge on any atom is 0.254 e. The van der Waals surface area contributed by atoms with Crippen LogP contribution in [-0.4, -0.2) is 34.5 Å². The molecule has 3 aromatic rings. The average molecular weight is 365 g/mol. The van der Waals surface area contributed by atoms with E-state index in [1.54, 1.807) is 24.0 Å². The largest absolute Gasteiger partial charge is 0.360 e. The molecule has 1 heterocycles. The predicted octanol–water partition coefficient (Wildman–Crippen LogP) is 4.02. The van der Waals surface area contributed by atoms with E-state index in [0.717, 1.165) is 17.2 Å². The molecule has 0 aliphatic rings. The summed E-state index contributed by atoms with van der Waals surface area (Å²) in [5, 5.41) is 8.49. The van der Waals surface area contributed by atoms with Gasteiger partial charge in [-0.25, -0.2) is 0 Å². The number of aryl methyl sites for hydroxylation is 1. The van der Waals surface area contributed by atoms with Gasteiger partial charge in [0.2, 0.25) is 5.91 Å². The SMILES string of the molecule is CC[C@H](C)N(CC(=O)Nc1cc(C)on1)C(=O)c1ccc2ccccc2c1. The molecule has 2 aromatic carbocycles. The molecule has 0 fully saturated rings. The Morgan fingerprint density at radius 1 is 1.15 bits per heavy atom. The number of nitrogens with zero attached hydrogens (tertiary/aromatic N) is 2. The van der Waals surface area contributed by atoms with E-state index >= 15 is 0 Å². The number of anilines is 1. The van der Waals surface area contributed by atoms with Crippen LogP contribution in [0.4, 0.5) is 5.82 Å². The minimum atomic E-state index is -0.308. The molecule has 6 nitrogen and oxygen atoms in total. The van der Waals surface area contributed by atoms with Crippen molar-refractivity contribution in [2.75, 3.05) is 11.9 Å². The molecule has 0 bridgehead atoms. The van der Waals surface area contributed by atoms with Gasteiger partial charge in [0, 0.05) is 17.7 Å². The van der Waals surface area contributed by atoms with Gasteiger partial charge in [0.1, 0.15) is 12.3 Å². The zero-order valence-electron chi connectivity index (χ0n) is 15.7. The van der Waals surface area contributed by atoms with Crippen LogP contribution in [-0.2, 0) is 4.79 Å². The zero-order valence-corrected chi connectivity index (χ0v) is 15.7. The van der Waals surface area contributed by atoms with Crippen molar-refractivity contribution in [3.63, 3.8) is 0 Å². The van der Waals surface area contributed by atoms with Gasteiger partial charge in [-0.2, -0.15) is 0 Å². The molecule has 0 aliphatic heterocycles. The average Bonchev–Trinajstić information content (AvgIpc) is 3.09. The van der Waals surface area contributed by atoms with E-state index in [1.807, 2.05) is 50.2 Å². The number of hydrogen-bond donors (Lipinski definition) is 1. The quantitative estimate of drug-likeness (QED) is 0.716. The van der Waals surface area contributed by atoms with E-state index in [-0.39, 0.29) is 24.4 Å². The Morgan fingerprint density at radius 2 is 1.89 bits per heavy atom. The monoisotopic (exact) mass is 365 g/mol. The minimum absolute atomic E-state index is 0.0490. The summed E-state index contributed by atoms with van der Waals surface area (Å²) in [7, 11) is 0. The highest BCUT2D eigenvalue weighted by Gasteiger charge is 2.23. The molecular formula is C21H23N3O3. The highest BCUT2D eigenvalue weighted by atomic mass is 16.5. The third-order valence-corrected chi connectivity index (χ3v) is 4.59. The second-order valence-electron chi connectivity index (χ2n) is 6.62. The number of rotatable bonds is 6. The van der Waals surface area contributed by atoms with Gasteiger partial charge in [0.05, 0.1) is 0 Å². The van der Waals surface area contributed by atoms with Crippen molar-refractivity contribution in [2.24, 2.45) is 0 Å². The molecule has 140 valence electrons. The van der Waals surface area contributed by atoms with Gasteiger partial charge in [-0.05, 0) is 43.2 Å². The molecule has 0 saturated heterocycles. The predicted molar refractivity (Wildman–Crippen MR) is 105 cm³/mol.